The Kier molecular flexibility index (Phi) is 7.71. The topological polar surface area (TPSA) is 101 Å². The number of hydrogen-bond acceptors (Lipinski definition) is 6. The van der Waals surface area contributed by atoms with E-state index in [9.17, 15) is 24.6 Å². The highest BCUT2D eigenvalue weighted by Gasteiger charge is 2.38. The first-order chi connectivity index (χ1) is 11.9. The van der Waals surface area contributed by atoms with Gasteiger partial charge in [-0.3, -0.25) is 14.4 Å². The average molecular weight is 368 g/mol. The number of aliphatic hydroxyl groups is 2. The molecule has 2 N–H and O–H groups in total. The van der Waals surface area contributed by atoms with Crippen LogP contribution in [0.25, 0.3) is 0 Å². The van der Waals surface area contributed by atoms with Crippen LogP contribution in [0.3, 0.4) is 0 Å². The van der Waals surface area contributed by atoms with Gasteiger partial charge in [0.15, 0.2) is 11.6 Å². The SMILES string of the molecule is CC[C@H]1OC(=O)[C@H](C)C(=O)[C@H](C)[C@@H](O)[C@@H](C)C[C@@H](C)C(=O)/C=C/[C@]1(C)O. The minimum Gasteiger partial charge on any atom is -0.458 e. The molecule has 1 heterocycles. The number of aliphatic hydroxyl groups excluding tert-OH is 1. The van der Waals surface area contributed by atoms with Crippen LogP contribution in [0.5, 0.6) is 0 Å². The fourth-order valence-corrected chi connectivity index (χ4v) is 3.37. The number of ether oxygens (including phenoxy) is 1. The highest BCUT2D eigenvalue weighted by atomic mass is 16.6. The zero-order valence-electron chi connectivity index (χ0n) is 16.6. The summed E-state index contributed by atoms with van der Waals surface area (Å²) in [5, 5.41) is 21.1. The van der Waals surface area contributed by atoms with Crippen LogP contribution in [-0.2, 0) is 19.1 Å². The Hall–Kier alpha value is -1.53. The predicted octanol–water partition coefficient (Wildman–Crippen LogP) is 2.06. The van der Waals surface area contributed by atoms with E-state index in [0.29, 0.717) is 12.8 Å². The summed E-state index contributed by atoms with van der Waals surface area (Å²) in [6.45, 7) is 9.78. The maximum atomic E-state index is 12.6. The number of rotatable bonds is 1. The van der Waals surface area contributed by atoms with Gasteiger partial charge in [-0.2, -0.15) is 0 Å². The molecule has 0 saturated carbocycles. The van der Waals surface area contributed by atoms with Crippen LogP contribution in [0.15, 0.2) is 12.2 Å². The molecule has 1 aliphatic heterocycles. The summed E-state index contributed by atoms with van der Waals surface area (Å²) in [5.41, 5.74) is -1.52. The van der Waals surface area contributed by atoms with Gasteiger partial charge in [0.25, 0.3) is 0 Å². The zero-order valence-corrected chi connectivity index (χ0v) is 16.6. The highest BCUT2D eigenvalue weighted by Crippen LogP contribution is 2.26. The second-order valence-electron chi connectivity index (χ2n) is 7.81. The minimum atomic E-state index is -1.52. The van der Waals surface area contributed by atoms with E-state index in [4.69, 9.17) is 4.74 Å². The third-order valence-electron chi connectivity index (χ3n) is 5.40. The van der Waals surface area contributed by atoms with Crippen LogP contribution in [0.2, 0.25) is 0 Å². The molecular formula is C20H32O6. The van der Waals surface area contributed by atoms with E-state index >= 15 is 0 Å². The fraction of sp³-hybridized carbons (Fsp3) is 0.750. The number of allylic oxidation sites excluding steroid dienone is 1. The second-order valence-corrected chi connectivity index (χ2v) is 7.81. The van der Waals surface area contributed by atoms with Crippen molar-refractivity contribution >= 4 is 17.5 Å². The second kappa shape index (κ2) is 8.91. The molecule has 0 unspecified atom stereocenters. The maximum Gasteiger partial charge on any atom is 0.316 e. The standard InChI is InChI=1S/C20H32O6/c1-7-16-20(6,25)9-8-15(21)11(2)10-12(3)17(22)13(4)18(23)14(5)19(24)26-16/h8-9,11-14,16-17,22,25H,7,10H2,1-6H3/b9-8+/t11-,12+,13-,14-,16-,17+,20+/m1/s1. The molecule has 1 rings (SSSR count). The number of hydrogen-bond donors (Lipinski definition) is 2. The Morgan fingerprint density at radius 1 is 1.19 bits per heavy atom. The molecule has 7 atom stereocenters. The van der Waals surface area contributed by atoms with Crippen LogP contribution in [0.4, 0.5) is 0 Å². The molecular weight excluding hydrogens is 336 g/mol. The third kappa shape index (κ3) is 5.24. The zero-order chi connectivity index (χ0) is 20.2. The lowest BCUT2D eigenvalue weighted by atomic mass is 9.81. The van der Waals surface area contributed by atoms with E-state index in [0.717, 1.165) is 0 Å². The van der Waals surface area contributed by atoms with Crippen LogP contribution in [0, 0.1) is 23.7 Å². The van der Waals surface area contributed by atoms with Crippen LogP contribution < -0.4 is 0 Å². The van der Waals surface area contributed by atoms with E-state index in [1.807, 2.05) is 0 Å². The van der Waals surface area contributed by atoms with Crippen molar-refractivity contribution < 1.29 is 29.3 Å². The molecule has 6 nitrogen and oxygen atoms in total. The number of esters is 1. The van der Waals surface area contributed by atoms with Crippen molar-refractivity contribution in [3.8, 4) is 0 Å². The summed E-state index contributed by atoms with van der Waals surface area (Å²) in [5.74, 6) is -3.78. The third-order valence-corrected chi connectivity index (χ3v) is 5.40. The largest absolute Gasteiger partial charge is 0.458 e. The van der Waals surface area contributed by atoms with Gasteiger partial charge < -0.3 is 14.9 Å². The van der Waals surface area contributed by atoms with E-state index in [-0.39, 0.29) is 17.6 Å². The molecule has 0 fully saturated rings. The fourth-order valence-electron chi connectivity index (χ4n) is 3.37. The molecule has 0 saturated heterocycles. The Labute approximate surface area is 155 Å². The molecule has 0 aromatic rings. The van der Waals surface area contributed by atoms with Crippen molar-refractivity contribution in [2.75, 3.05) is 0 Å². The lowest BCUT2D eigenvalue weighted by molar-refractivity contribution is -0.166. The number of cyclic esters (lactones) is 1. The smallest absolute Gasteiger partial charge is 0.316 e. The van der Waals surface area contributed by atoms with Gasteiger partial charge in [-0.25, -0.2) is 0 Å². The monoisotopic (exact) mass is 368 g/mol. The molecule has 0 aliphatic carbocycles. The van der Waals surface area contributed by atoms with Crippen LogP contribution >= 0.6 is 0 Å². The van der Waals surface area contributed by atoms with Gasteiger partial charge in [0.1, 0.15) is 17.6 Å². The summed E-state index contributed by atoms with van der Waals surface area (Å²) >= 11 is 0. The van der Waals surface area contributed by atoms with Crippen molar-refractivity contribution in [3.63, 3.8) is 0 Å². The molecule has 0 bridgehead atoms. The van der Waals surface area contributed by atoms with Crippen molar-refractivity contribution in [1.82, 2.24) is 0 Å². The first-order valence-corrected chi connectivity index (χ1v) is 9.30. The number of Topliss-reactive ketones (excluding diaryl/α,β-unsaturated/α-hetero) is 1. The van der Waals surface area contributed by atoms with E-state index in [1.165, 1.54) is 26.0 Å². The first kappa shape index (κ1) is 22.5. The summed E-state index contributed by atoms with van der Waals surface area (Å²) in [7, 11) is 0. The average Bonchev–Trinajstić information content (AvgIpc) is 2.60. The molecule has 6 heteroatoms. The van der Waals surface area contributed by atoms with Crippen molar-refractivity contribution in [3.05, 3.63) is 12.2 Å². The minimum absolute atomic E-state index is 0.185. The lowest BCUT2D eigenvalue weighted by Crippen LogP contribution is -2.44. The van der Waals surface area contributed by atoms with Gasteiger partial charge >= 0.3 is 5.97 Å². The Balaban J connectivity index is 3.27. The predicted molar refractivity (Wildman–Crippen MR) is 97.2 cm³/mol. The molecule has 0 spiro atoms. The Morgan fingerprint density at radius 2 is 1.77 bits per heavy atom. The number of carbonyl (C=O) groups is 3. The van der Waals surface area contributed by atoms with Gasteiger partial charge in [-0.15, -0.1) is 0 Å². The lowest BCUT2D eigenvalue weighted by Gasteiger charge is -2.31. The molecule has 0 aromatic carbocycles. The normalized spacial score (nSPS) is 42.1. The summed E-state index contributed by atoms with van der Waals surface area (Å²) < 4.78 is 5.36. The molecule has 0 amide bonds. The molecule has 1 aliphatic rings. The van der Waals surface area contributed by atoms with E-state index in [2.05, 4.69) is 0 Å². The molecule has 0 aromatic heterocycles. The van der Waals surface area contributed by atoms with E-state index in [1.54, 1.807) is 27.7 Å². The highest BCUT2D eigenvalue weighted by molar-refractivity contribution is 6.00. The van der Waals surface area contributed by atoms with E-state index < -0.39 is 41.4 Å². The molecule has 148 valence electrons. The van der Waals surface area contributed by atoms with Gasteiger partial charge in [0.05, 0.1) is 6.10 Å². The summed E-state index contributed by atoms with van der Waals surface area (Å²) in [6, 6.07) is 0. The van der Waals surface area contributed by atoms with Gasteiger partial charge in [0.2, 0.25) is 0 Å². The molecule has 0 radical (unpaired) electrons. The number of ketones is 2. The van der Waals surface area contributed by atoms with Gasteiger partial charge in [-0.1, -0.05) is 27.7 Å². The van der Waals surface area contributed by atoms with Crippen LogP contribution in [-0.4, -0.2) is 45.6 Å². The number of carbonyl (C=O) groups excluding carboxylic acids is 3. The Morgan fingerprint density at radius 3 is 2.31 bits per heavy atom. The van der Waals surface area contributed by atoms with Crippen molar-refractivity contribution in [1.29, 1.82) is 0 Å². The molecule has 26 heavy (non-hydrogen) atoms. The summed E-state index contributed by atoms with van der Waals surface area (Å²) in [6.07, 6.45) is 1.54. The van der Waals surface area contributed by atoms with Gasteiger partial charge in [0, 0.05) is 11.8 Å². The Bertz CT molecular complexity index is 565. The van der Waals surface area contributed by atoms with Crippen LogP contribution in [0.1, 0.15) is 54.4 Å². The maximum absolute atomic E-state index is 12.6. The van der Waals surface area contributed by atoms with Gasteiger partial charge in [-0.05, 0) is 44.8 Å². The quantitative estimate of drug-likeness (QED) is 0.543. The van der Waals surface area contributed by atoms with Crippen molar-refractivity contribution in [2.24, 2.45) is 23.7 Å². The van der Waals surface area contributed by atoms with Crippen molar-refractivity contribution in [2.45, 2.75) is 72.2 Å². The first-order valence-electron chi connectivity index (χ1n) is 9.30. The summed E-state index contributed by atoms with van der Waals surface area (Å²) in [4.78, 5) is 37.3.